The maximum Gasteiger partial charge on any atom is 0.416 e. The number of nitrogens with one attached hydrogen (secondary N) is 1. The molecule has 0 unspecified atom stereocenters. The second-order valence-electron chi connectivity index (χ2n) is 5.98. The fraction of sp³-hybridized carbons (Fsp3) is 0.211. The van der Waals surface area contributed by atoms with E-state index in [1.54, 1.807) is 6.20 Å². The summed E-state index contributed by atoms with van der Waals surface area (Å²) in [6.45, 7) is -0.260. The first-order valence-electron chi connectivity index (χ1n) is 7.98. The molecule has 0 bridgehead atoms. The number of nitrogens with two attached hydrogens (primary N) is 1. The van der Waals surface area contributed by atoms with Crippen molar-refractivity contribution >= 4 is 16.9 Å². The monoisotopic (exact) mass is 362 g/mol. The van der Waals surface area contributed by atoms with Crippen molar-refractivity contribution in [1.82, 2.24) is 4.98 Å². The number of carbonyl (C=O) groups is 1. The quantitative estimate of drug-likeness (QED) is 0.679. The minimum atomic E-state index is -4.44. The first-order valence-corrected chi connectivity index (χ1v) is 7.98. The Bertz CT molecular complexity index is 918. The van der Waals surface area contributed by atoms with Crippen LogP contribution in [0, 0.1) is 0 Å². The zero-order valence-corrected chi connectivity index (χ0v) is 13.7. The van der Waals surface area contributed by atoms with Crippen LogP contribution in [0.1, 0.15) is 16.7 Å². The topological polar surface area (TPSA) is 68.1 Å². The van der Waals surface area contributed by atoms with E-state index in [2.05, 4.69) is 4.98 Å². The number of H-pyrrole nitrogens is 1. The summed E-state index contributed by atoms with van der Waals surface area (Å²) in [6.07, 6.45) is -2.39. The highest BCUT2D eigenvalue weighted by atomic mass is 19.4. The molecule has 0 aliphatic carbocycles. The number of halogens is 3. The van der Waals surface area contributed by atoms with E-state index in [0.717, 1.165) is 28.6 Å². The minimum absolute atomic E-state index is 0.257. The van der Waals surface area contributed by atoms with Crippen LogP contribution in [0.25, 0.3) is 10.9 Å². The molecule has 1 heterocycles. The second kappa shape index (κ2) is 7.21. The van der Waals surface area contributed by atoms with Crippen LogP contribution in [-0.4, -0.2) is 17.0 Å². The molecule has 7 heteroatoms. The number of fused-ring (bicyclic) bond motifs is 1. The third kappa shape index (κ3) is 4.05. The molecule has 2 aromatic carbocycles. The lowest BCUT2D eigenvalue weighted by molar-refractivity contribution is -0.146. The molecule has 26 heavy (non-hydrogen) atoms. The van der Waals surface area contributed by atoms with Gasteiger partial charge in [0, 0.05) is 23.5 Å². The van der Waals surface area contributed by atoms with E-state index in [1.165, 1.54) is 12.1 Å². The normalized spacial score (nSPS) is 12.9. The molecule has 0 saturated heterocycles. The molecule has 0 amide bonds. The maximum absolute atomic E-state index is 12.7. The summed E-state index contributed by atoms with van der Waals surface area (Å²) in [5.74, 6) is -0.660. The van der Waals surface area contributed by atoms with Gasteiger partial charge in [0.15, 0.2) is 0 Å². The average molecular weight is 362 g/mol. The molecule has 4 nitrogen and oxygen atoms in total. The third-order valence-corrected chi connectivity index (χ3v) is 4.05. The highest BCUT2D eigenvalue weighted by molar-refractivity contribution is 5.84. The van der Waals surface area contributed by atoms with E-state index in [4.69, 9.17) is 10.5 Å². The van der Waals surface area contributed by atoms with Crippen LogP contribution in [-0.2, 0) is 28.7 Å². The van der Waals surface area contributed by atoms with Gasteiger partial charge in [-0.05, 0) is 29.3 Å². The number of carbonyl (C=O) groups excluding carboxylic acids is 1. The summed E-state index contributed by atoms with van der Waals surface area (Å²) in [5.41, 5.74) is 7.18. The Kier molecular flexibility index (Phi) is 4.99. The van der Waals surface area contributed by atoms with Gasteiger partial charge >= 0.3 is 12.1 Å². The fourth-order valence-corrected chi connectivity index (χ4v) is 2.72. The Morgan fingerprint density at radius 3 is 2.69 bits per heavy atom. The van der Waals surface area contributed by atoms with Gasteiger partial charge in [-0.15, -0.1) is 0 Å². The van der Waals surface area contributed by atoms with Crippen molar-refractivity contribution in [3.05, 3.63) is 71.4 Å². The molecule has 0 saturated carbocycles. The SMILES string of the molecule is N[C@@H](Cc1c[nH]c2ccccc12)C(=O)OCc1cccc(C(F)(F)F)c1. The Morgan fingerprint density at radius 2 is 1.92 bits per heavy atom. The van der Waals surface area contributed by atoms with Gasteiger partial charge in [0.1, 0.15) is 12.6 Å². The smallest absolute Gasteiger partial charge is 0.416 e. The van der Waals surface area contributed by atoms with Crippen molar-refractivity contribution in [2.45, 2.75) is 25.2 Å². The number of para-hydroxylation sites is 1. The molecule has 3 rings (SSSR count). The van der Waals surface area contributed by atoms with Gasteiger partial charge in [-0.2, -0.15) is 13.2 Å². The number of esters is 1. The molecule has 0 aliphatic rings. The summed E-state index contributed by atoms with van der Waals surface area (Å²) in [5, 5.41) is 0.966. The number of aromatic amines is 1. The van der Waals surface area contributed by atoms with Crippen LogP contribution >= 0.6 is 0 Å². The Hall–Kier alpha value is -2.80. The molecular weight excluding hydrogens is 345 g/mol. The van der Waals surface area contributed by atoms with Crippen LogP contribution in [0.2, 0.25) is 0 Å². The van der Waals surface area contributed by atoms with Crippen molar-refractivity contribution in [2.24, 2.45) is 5.73 Å². The van der Waals surface area contributed by atoms with Crippen molar-refractivity contribution in [2.75, 3.05) is 0 Å². The molecule has 0 fully saturated rings. The number of hydrogen-bond donors (Lipinski definition) is 2. The first kappa shape index (κ1) is 18.0. The molecule has 136 valence electrons. The van der Waals surface area contributed by atoms with Gasteiger partial charge in [-0.25, -0.2) is 0 Å². The Balaban J connectivity index is 1.61. The molecule has 0 spiro atoms. The van der Waals surface area contributed by atoms with Crippen LogP contribution in [0.3, 0.4) is 0 Å². The second-order valence-corrected chi connectivity index (χ2v) is 5.98. The van der Waals surface area contributed by atoms with Crippen LogP contribution in [0.15, 0.2) is 54.7 Å². The summed E-state index contributed by atoms with van der Waals surface area (Å²) < 4.78 is 43.2. The van der Waals surface area contributed by atoms with Gasteiger partial charge in [0.25, 0.3) is 0 Å². The summed E-state index contributed by atoms with van der Waals surface area (Å²) >= 11 is 0. The van der Waals surface area contributed by atoms with Gasteiger partial charge in [0.2, 0.25) is 0 Å². The van der Waals surface area contributed by atoms with E-state index in [1.807, 2.05) is 24.3 Å². The lowest BCUT2D eigenvalue weighted by Gasteiger charge is -2.12. The first-order chi connectivity index (χ1) is 12.3. The zero-order chi connectivity index (χ0) is 18.7. The fourth-order valence-electron chi connectivity index (χ4n) is 2.72. The molecule has 3 N–H and O–H groups in total. The van der Waals surface area contributed by atoms with Crippen molar-refractivity contribution < 1.29 is 22.7 Å². The molecular formula is C19H17F3N2O2. The Morgan fingerprint density at radius 1 is 1.15 bits per heavy atom. The summed E-state index contributed by atoms with van der Waals surface area (Å²) in [7, 11) is 0. The average Bonchev–Trinajstić information content (AvgIpc) is 3.02. The number of hydrogen-bond acceptors (Lipinski definition) is 3. The highest BCUT2D eigenvalue weighted by Crippen LogP contribution is 2.29. The molecule has 3 aromatic rings. The van der Waals surface area contributed by atoms with Crippen molar-refractivity contribution in [3.63, 3.8) is 0 Å². The predicted octanol–water partition coefficient (Wildman–Crippen LogP) is 3.80. The largest absolute Gasteiger partial charge is 0.460 e. The number of rotatable bonds is 5. The zero-order valence-electron chi connectivity index (χ0n) is 13.7. The van der Waals surface area contributed by atoms with Gasteiger partial charge < -0.3 is 15.5 Å². The highest BCUT2D eigenvalue weighted by Gasteiger charge is 2.30. The van der Waals surface area contributed by atoms with E-state index in [-0.39, 0.29) is 18.6 Å². The standard InChI is InChI=1S/C19H17F3N2O2/c20-19(21,22)14-5-3-4-12(8-14)11-26-18(25)16(23)9-13-10-24-17-7-2-1-6-15(13)17/h1-8,10,16,24H,9,11,23H2/t16-/m0/s1. The van der Waals surface area contributed by atoms with E-state index in [0.29, 0.717) is 0 Å². The van der Waals surface area contributed by atoms with Crippen LogP contribution in [0.4, 0.5) is 13.2 Å². The molecule has 1 atom stereocenters. The lowest BCUT2D eigenvalue weighted by atomic mass is 10.1. The van der Waals surface area contributed by atoms with E-state index < -0.39 is 23.8 Å². The number of ether oxygens (including phenoxy) is 1. The van der Waals surface area contributed by atoms with Gasteiger partial charge in [-0.1, -0.05) is 30.3 Å². The lowest BCUT2D eigenvalue weighted by Crippen LogP contribution is -2.34. The number of alkyl halides is 3. The Labute approximate surface area is 147 Å². The molecule has 1 aromatic heterocycles. The molecule has 0 radical (unpaired) electrons. The number of benzene rings is 2. The van der Waals surface area contributed by atoms with Crippen molar-refractivity contribution in [1.29, 1.82) is 0 Å². The predicted molar refractivity (Wildman–Crippen MR) is 91.2 cm³/mol. The van der Waals surface area contributed by atoms with E-state index in [9.17, 15) is 18.0 Å². The van der Waals surface area contributed by atoms with E-state index >= 15 is 0 Å². The van der Waals surface area contributed by atoms with Crippen LogP contribution in [0.5, 0.6) is 0 Å². The maximum atomic E-state index is 12.7. The van der Waals surface area contributed by atoms with Gasteiger partial charge in [0.05, 0.1) is 5.56 Å². The summed E-state index contributed by atoms with van der Waals surface area (Å²) in [4.78, 5) is 15.2. The summed E-state index contributed by atoms with van der Waals surface area (Å²) in [6, 6.07) is 11.4. The third-order valence-electron chi connectivity index (χ3n) is 4.05. The minimum Gasteiger partial charge on any atom is -0.460 e. The van der Waals surface area contributed by atoms with Gasteiger partial charge in [-0.3, -0.25) is 4.79 Å². The van der Waals surface area contributed by atoms with Crippen molar-refractivity contribution in [3.8, 4) is 0 Å². The number of aromatic nitrogens is 1. The molecule has 0 aliphatic heterocycles. The van der Waals surface area contributed by atoms with Crippen LogP contribution < -0.4 is 5.73 Å².